The molecule has 2 fully saturated rings. The SMILES string of the molecule is C#CCN1CCC(NC2CCCC(CC)C2)CC1. The van der Waals surface area contributed by atoms with Gasteiger partial charge in [-0.05, 0) is 31.6 Å². The lowest BCUT2D eigenvalue weighted by Gasteiger charge is -2.36. The molecule has 0 radical (unpaired) electrons. The van der Waals surface area contributed by atoms with Gasteiger partial charge in [0, 0.05) is 25.2 Å². The van der Waals surface area contributed by atoms with Gasteiger partial charge >= 0.3 is 0 Å². The van der Waals surface area contributed by atoms with Gasteiger partial charge in [-0.3, -0.25) is 4.90 Å². The standard InChI is InChI=1S/C16H28N2/c1-3-10-18-11-8-15(9-12-18)17-16-7-5-6-14(4-2)13-16/h1,14-17H,4-13H2,2H3. The molecular formula is C16H28N2. The van der Waals surface area contributed by atoms with Crippen molar-refractivity contribution in [3.63, 3.8) is 0 Å². The van der Waals surface area contributed by atoms with Crippen molar-refractivity contribution in [1.82, 2.24) is 10.2 Å². The number of nitrogens with one attached hydrogen (secondary N) is 1. The zero-order chi connectivity index (χ0) is 12.8. The van der Waals surface area contributed by atoms with Crippen LogP contribution in [-0.2, 0) is 0 Å². The molecule has 0 aromatic carbocycles. The summed E-state index contributed by atoms with van der Waals surface area (Å²) >= 11 is 0. The molecule has 1 saturated heterocycles. The van der Waals surface area contributed by atoms with Crippen molar-refractivity contribution in [2.24, 2.45) is 5.92 Å². The largest absolute Gasteiger partial charge is 0.311 e. The number of rotatable bonds is 4. The molecule has 1 aliphatic carbocycles. The van der Waals surface area contributed by atoms with Gasteiger partial charge in [-0.25, -0.2) is 0 Å². The molecule has 1 N–H and O–H groups in total. The minimum absolute atomic E-state index is 0.736. The van der Waals surface area contributed by atoms with E-state index in [-0.39, 0.29) is 0 Å². The molecule has 0 aromatic heterocycles. The van der Waals surface area contributed by atoms with Crippen LogP contribution in [0.1, 0.15) is 51.9 Å². The Balaban J connectivity index is 1.69. The first kappa shape index (κ1) is 13.9. The molecule has 2 unspecified atom stereocenters. The van der Waals surface area contributed by atoms with E-state index in [1.165, 1.54) is 58.0 Å². The number of piperidine rings is 1. The van der Waals surface area contributed by atoms with Crippen LogP contribution in [0.15, 0.2) is 0 Å². The second-order valence-electron chi connectivity index (χ2n) is 6.06. The van der Waals surface area contributed by atoms with Gasteiger partial charge in [0.1, 0.15) is 0 Å². The van der Waals surface area contributed by atoms with Gasteiger partial charge in [0.05, 0.1) is 6.54 Å². The zero-order valence-corrected chi connectivity index (χ0v) is 11.8. The van der Waals surface area contributed by atoms with Crippen LogP contribution >= 0.6 is 0 Å². The van der Waals surface area contributed by atoms with Crippen LogP contribution in [0.4, 0.5) is 0 Å². The molecule has 2 aliphatic rings. The summed E-state index contributed by atoms with van der Waals surface area (Å²) in [5.41, 5.74) is 0. The Labute approximate surface area is 113 Å². The topological polar surface area (TPSA) is 15.3 Å². The maximum absolute atomic E-state index is 5.37. The summed E-state index contributed by atoms with van der Waals surface area (Å²) in [6.45, 7) is 5.51. The molecule has 0 spiro atoms. The van der Waals surface area contributed by atoms with Crippen LogP contribution < -0.4 is 5.32 Å². The molecule has 0 aromatic rings. The summed E-state index contributed by atoms with van der Waals surface area (Å²) < 4.78 is 0. The Morgan fingerprint density at radius 2 is 1.94 bits per heavy atom. The molecule has 1 saturated carbocycles. The van der Waals surface area contributed by atoms with Gasteiger partial charge in [0.25, 0.3) is 0 Å². The van der Waals surface area contributed by atoms with Crippen molar-refractivity contribution in [2.75, 3.05) is 19.6 Å². The highest BCUT2D eigenvalue weighted by molar-refractivity contribution is 4.91. The van der Waals surface area contributed by atoms with E-state index >= 15 is 0 Å². The van der Waals surface area contributed by atoms with Crippen LogP contribution in [0, 0.1) is 18.3 Å². The van der Waals surface area contributed by atoms with E-state index in [0.717, 1.165) is 24.5 Å². The normalized spacial score (nSPS) is 31.1. The monoisotopic (exact) mass is 248 g/mol. The van der Waals surface area contributed by atoms with Gasteiger partial charge < -0.3 is 5.32 Å². The third-order valence-electron chi connectivity index (χ3n) is 4.73. The fourth-order valence-corrected chi connectivity index (χ4v) is 3.53. The lowest BCUT2D eigenvalue weighted by atomic mass is 9.83. The van der Waals surface area contributed by atoms with Crippen molar-refractivity contribution >= 4 is 0 Å². The van der Waals surface area contributed by atoms with E-state index < -0.39 is 0 Å². The first-order chi connectivity index (χ1) is 8.81. The summed E-state index contributed by atoms with van der Waals surface area (Å²) in [5, 5.41) is 3.91. The van der Waals surface area contributed by atoms with Crippen molar-refractivity contribution < 1.29 is 0 Å². The quantitative estimate of drug-likeness (QED) is 0.770. The minimum Gasteiger partial charge on any atom is -0.311 e. The van der Waals surface area contributed by atoms with Crippen LogP contribution in [-0.4, -0.2) is 36.6 Å². The second kappa shape index (κ2) is 7.16. The smallest absolute Gasteiger partial charge is 0.0598 e. The molecule has 1 aliphatic heterocycles. The Kier molecular flexibility index (Phi) is 5.53. The number of hydrogen-bond acceptors (Lipinski definition) is 2. The van der Waals surface area contributed by atoms with E-state index in [9.17, 15) is 0 Å². The Hall–Kier alpha value is -0.520. The molecule has 2 nitrogen and oxygen atoms in total. The van der Waals surface area contributed by atoms with E-state index in [1.807, 2.05) is 0 Å². The summed E-state index contributed by atoms with van der Waals surface area (Å²) in [7, 11) is 0. The Bertz CT molecular complexity index is 273. The van der Waals surface area contributed by atoms with Crippen molar-refractivity contribution in [3.8, 4) is 12.3 Å². The number of nitrogens with zero attached hydrogens (tertiary/aromatic N) is 1. The summed E-state index contributed by atoms with van der Waals surface area (Å²) in [5.74, 6) is 3.72. The molecule has 1 heterocycles. The maximum Gasteiger partial charge on any atom is 0.0598 e. The fraction of sp³-hybridized carbons (Fsp3) is 0.875. The third-order valence-corrected chi connectivity index (χ3v) is 4.73. The fourth-order valence-electron chi connectivity index (χ4n) is 3.53. The average molecular weight is 248 g/mol. The Morgan fingerprint density at radius 3 is 2.61 bits per heavy atom. The molecule has 0 bridgehead atoms. The van der Waals surface area contributed by atoms with E-state index in [4.69, 9.17) is 6.42 Å². The molecule has 102 valence electrons. The number of terminal acetylenes is 1. The summed E-state index contributed by atoms with van der Waals surface area (Å²) in [6, 6.07) is 1.52. The lowest BCUT2D eigenvalue weighted by molar-refractivity contribution is 0.188. The van der Waals surface area contributed by atoms with Crippen LogP contribution in [0.25, 0.3) is 0 Å². The van der Waals surface area contributed by atoms with Gasteiger partial charge in [-0.1, -0.05) is 32.1 Å². The van der Waals surface area contributed by atoms with Crippen molar-refractivity contribution in [2.45, 2.75) is 64.0 Å². The van der Waals surface area contributed by atoms with Crippen LogP contribution in [0.5, 0.6) is 0 Å². The maximum atomic E-state index is 5.37. The number of hydrogen-bond donors (Lipinski definition) is 1. The predicted octanol–water partition coefficient (Wildman–Crippen LogP) is 2.64. The summed E-state index contributed by atoms with van der Waals surface area (Å²) in [6.07, 6.45) is 14.9. The van der Waals surface area contributed by atoms with Crippen molar-refractivity contribution in [3.05, 3.63) is 0 Å². The first-order valence-electron chi connectivity index (χ1n) is 7.73. The highest BCUT2D eigenvalue weighted by atomic mass is 15.1. The van der Waals surface area contributed by atoms with Gasteiger partial charge in [0.15, 0.2) is 0 Å². The molecule has 2 atom stereocenters. The molecule has 2 rings (SSSR count). The van der Waals surface area contributed by atoms with Gasteiger partial charge in [0.2, 0.25) is 0 Å². The predicted molar refractivity (Wildman–Crippen MR) is 77.5 cm³/mol. The van der Waals surface area contributed by atoms with E-state index in [1.54, 1.807) is 0 Å². The third kappa shape index (κ3) is 4.00. The molecule has 18 heavy (non-hydrogen) atoms. The number of likely N-dealkylation sites (tertiary alicyclic amines) is 1. The minimum atomic E-state index is 0.736. The van der Waals surface area contributed by atoms with E-state index in [2.05, 4.69) is 23.1 Å². The highest BCUT2D eigenvalue weighted by Gasteiger charge is 2.25. The van der Waals surface area contributed by atoms with Crippen LogP contribution in [0.2, 0.25) is 0 Å². The second-order valence-corrected chi connectivity index (χ2v) is 6.06. The van der Waals surface area contributed by atoms with Crippen molar-refractivity contribution in [1.29, 1.82) is 0 Å². The van der Waals surface area contributed by atoms with Gasteiger partial charge in [-0.15, -0.1) is 6.42 Å². The lowest BCUT2D eigenvalue weighted by Crippen LogP contribution is -2.47. The molecule has 2 heteroatoms. The average Bonchev–Trinajstić information content (AvgIpc) is 2.42. The highest BCUT2D eigenvalue weighted by Crippen LogP contribution is 2.27. The molecule has 0 amide bonds. The van der Waals surface area contributed by atoms with Gasteiger partial charge in [-0.2, -0.15) is 0 Å². The van der Waals surface area contributed by atoms with E-state index in [0.29, 0.717) is 0 Å². The first-order valence-corrected chi connectivity index (χ1v) is 7.73. The molecular weight excluding hydrogens is 220 g/mol. The van der Waals surface area contributed by atoms with Crippen LogP contribution in [0.3, 0.4) is 0 Å². The zero-order valence-electron chi connectivity index (χ0n) is 11.8. The summed E-state index contributed by atoms with van der Waals surface area (Å²) in [4.78, 5) is 2.40. The Morgan fingerprint density at radius 1 is 1.17 bits per heavy atom.